The average Bonchev–Trinajstić information content (AvgIpc) is 2.67. The highest BCUT2D eigenvalue weighted by atomic mass is 35.5. The highest BCUT2D eigenvalue weighted by Gasteiger charge is 2.10. The maximum atomic E-state index is 12.6. The van der Waals surface area contributed by atoms with Crippen molar-refractivity contribution in [1.29, 1.82) is 0 Å². The van der Waals surface area contributed by atoms with E-state index in [2.05, 4.69) is 15.6 Å². The largest absolute Gasteiger partial charge is 0.494 e. The lowest BCUT2D eigenvalue weighted by Crippen LogP contribution is -2.13. The van der Waals surface area contributed by atoms with Gasteiger partial charge in [-0.3, -0.25) is 9.78 Å². The number of aromatic nitrogens is 1. The molecule has 0 aliphatic carbocycles. The van der Waals surface area contributed by atoms with Crippen molar-refractivity contribution in [2.24, 2.45) is 0 Å². The van der Waals surface area contributed by atoms with E-state index in [1.165, 1.54) is 6.20 Å². The Morgan fingerprint density at radius 2 is 1.85 bits per heavy atom. The Morgan fingerprint density at radius 1 is 1.07 bits per heavy atom. The number of nitrogens with one attached hydrogen (secondary N) is 2. The van der Waals surface area contributed by atoms with E-state index in [4.69, 9.17) is 16.3 Å². The number of nitrogens with zero attached hydrogens (tertiary/aromatic N) is 1. The molecule has 0 saturated heterocycles. The third-order valence-electron chi connectivity index (χ3n) is 3.90. The Labute approximate surface area is 163 Å². The molecule has 0 fully saturated rings. The van der Waals surface area contributed by atoms with Crippen LogP contribution in [0.4, 0.5) is 17.1 Å². The number of halogens is 1. The number of benzene rings is 2. The van der Waals surface area contributed by atoms with E-state index in [0.29, 0.717) is 22.9 Å². The smallest absolute Gasteiger partial charge is 0.257 e. The third kappa shape index (κ3) is 4.99. The topological polar surface area (TPSA) is 63.2 Å². The van der Waals surface area contributed by atoms with Crippen LogP contribution < -0.4 is 15.4 Å². The minimum absolute atomic E-state index is 0.247. The van der Waals surface area contributed by atoms with E-state index in [0.717, 1.165) is 22.7 Å². The SMILES string of the molecule is CCOc1ccc(Nc2cncc(C(=O)Nc3cc(Cl)ccc3C)c2)cc1. The highest BCUT2D eigenvalue weighted by molar-refractivity contribution is 6.31. The minimum atomic E-state index is -0.247. The van der Waals surface area contributed by atoms with E-state index < -0.39 is 0 Å². The lowest BCUT2D eigenvalue weighted by atomic mass is 10.2. The first-order chi connectivity index (χ1) is 13.0. The zero-order valence-corrected chi connectivity index (χ0v) is 15.9. The van der Waals surface area contributed by atoms with Gasteiger partial charge in [-0.05, 0) is 61.9 Å². The van der Waals surface area contributed by atoms with Gasteiger partial charge in [-0.15, -0.1) is 0 Å². The van der Waals surface area contributed by atoms with Gasteiger partial charge in [-0.1, -0.05) is 17.7 Å². The second kappa shape index (κ2) is 8.56. The van der Waals surface area contributed by atoms with Crippen LogP contribution in [0.5, 0.6) is 5.75 Å². The molecule has 0 bridgehead atoms. The van der Waals surface area contributed by atoms with E-state index in [9.17, 15) is 4.79 Å². The number of pyridine rings is 1. The fourth-order valence-electron chi connectivity index (χ4n) is 2.52. The second-order valence-electron chi connectivity index (χ2n) is 5.96. The predicted molar refractivity (Wildman–Crippen MR) is 109 cm³/mol. The molecule has 0 atom stereocenters. The Bertz CT molecular complexity index is 942. The van der Waals surface area contributed by atoms with Gasteiger partial charge in [0.25, 0.3) is 5.91 Å². The summed E-state index contributed by atoms with van der Waals surface area (Å²) in [4.78, 5) is 16.7. The molecule has 0 radical (unpaired) electrons. The summed E-state index contributed by atoms with van der Waals surface area (Å²) in [6.07, 6.45) is 3.19. The molecular formula is C21H20ClN3O2. The van der Waals surface area contributed by atoms with Crippen LogP contribution in [0.1, 0.15) is 22.8 Å². The maximum Gasteiger partial charge on any atom is 0.257 e. The Kier molecular flexibility index (Phi) is 5.94. The van der Waals surface area contributed by atoms with Crippen LogP contribution in [-0.2, 0) is 0 Å². The fraction of sp³-hybridized carbons (Fsp3) is 0.143. The molecule has 1 heterocycles. The lowest BCUT2D eigenvalue weighted by molar-refractivity contribution is 0.102. The first-order valence-electron chi connectivity index (χ1n) is 8.57. The minimum Gasteiger partial charge on any atom is -0.494 e. The molecule has 0 unspecified atom stereocenters. The maximum absolute atomic E-state index is 12.6. The molecule has 6 heteroatoms. The number of rotatable bonds is 6. The summed E-state index contributed by atoms with van der Waals surface area (Å²) >= 11 is 6.01. The Morgan fingerprint density at radius 3 is 2.59 bits per heavy atom. The predicted octanol–water partition coefficient (Wildman–Crippen LogP) is 5.44. The van der Waals surface area contributed by atoms with Crippen molar-refractivity contribution >= 4 is 34.6 Å². The van der Waals surface area contributed by atoms with Crippen molar-refractivity contribution in [1.82, 2.24) is 4.98 Å². The number of hydrogen-bond acceptors (Lipinski definition) is 4. The first-order valence-corrected chi connectivity index (χ1v) is 8.95. The summed E-state index contributed by atoms with van der Waals surface area (Å²) in [6.45, 7) is 4.48. The molecule has 1 aromatic heterocycles. The number of ether oxygens (including phenoxy) is 1. The Balaban J connectivity index is 1.72. The second-order valence-corrected chi connectivity index (χ2v) is 6.39. The van der Waals surface area contributed by atoms with Gasteiger partial charge < -0.3 is 15.4 Å². The van der Waals surface area contributed by atoms with Crippen molar-refractivity contribution in [3.8, 4) is 5.75 Å². The summed E-state index contributed by atoms with van der Waals surface area (Å²) in [6, 6.07) is 14.7. The van der Waals surface area contributed by atoms with Crippen molar-refractivity contribution in [2.75, 3.05) is 17.2 Å². The van der Waals surface area contributed by atoms with Gasteiger partial charge in [0.15, 0.2) is 0 Å². The molecule has 3 aromatic rings. The number of carbonyl (C=O) groups is 1. The molecule has 0 spiro atoms. The van der Waals surface area contributed by atoms with Crippen LogP contribution in [0.15, 0.2) is 60.9 Å². The number of anilines is 3. The molecule has 0 saturated carbocycles. The van der Waals surface area contributed by atoms with Crippen molar-refractivity contribution in [3.63, 3.8) is 0 Å². The molecule has 27 heavy (non-hydrogen) atoms. The summed E-state index contributed by atoms with van der Waals surface area (Å²) in [5, 5.41) is 6.68. The number of hydrogen-bond donors (Lipinski definition) is 2. The van der Waals surface area contributed by atoms with E-state index in [1.807, 2.05) is 44.2 Å². The van der Waals surface area contributed by atoms with E-state index >= 15 is 0 Å². The van der Waals surface area contributed by atoms with Crippen LogP contribution in [-0.4, -0.2) is 17.5 Å². The lowest BCUT2D eigenvalue weighted by Gasteiger charge is -2.11. The number of carbonyl (C=O) groups excluding carboxylic acids is 1. The quantitative estimate of drug-likeness (QED) is 0.597. The normalized spacial score (nSPS) is 10.3. The molecule has 5 nitrogen and oxygen atoms in total. The van der Waals surface area contributed by atoms with Crippen molar-refractivity contribution in [2.45, 2.75) is 13.8 Å². The van der Waals surface area contributed by atoms with Crippen LogP contribution in [0.25, 0.3) is 0 Å². The number of amides is 1. The van der Waals surface area contributed by atoms with Crippen LogP contribution in [0, 0.1) is 6.92 Å². The summed E-state index contributed by atoms with van der Waals surface area (Å²) in [5.41, 5.74) is 3.66. The molecule has 1 amide bonds. The van der Waals surface area contributed by atoms with Crippen molar-refractivity contribution in [3.05, 3.63) is 77.1 Å². The van der Waals surface area contributed by atoms with Gasteiger partial charge in [-0.25, -0.2) is 0 Å². The van der Waals surface area contributed by atoms with Gasteiger partial charge in [0.05, 0.1) is 24.1 Å². The van der Waals surface area contributed by atoms with Crippen LogP contribution >= 0.6 is 11.6 Å². The number of aryl methyl sites for hydroxylation is 1. The fourth-order valence-corrected chi connectivity index (χ4v) is 2.70. The van der Waals surface area contributed by atoms with Gasteiger partial charge in [-0.2, -0.15) is 0 Å². The van der Waals surface area contributed by atoms with E-state index in [1.54, 1.807) is 24.4 Å². The molecule has 138 valence electrons. The van der Waals surface area contributed by atoms with Gasteiger partial charge in [0.1, 0.15) is 5.75 Å². The van der Waals surface area contributed by atoms with Gasteiger partial charge in [0.2, 0.25) is 0 Å². The van der Waals surface area contributed by atoms with Crippen molar-refractivity contribution < 1.29 is 9.53 Å². The molecule has 2 aromatic carbocycles. The van der Waals surface area contributed by atoms with Gasteiger partial charge >= 0.3 is 0 Å². The summed E-state index contributed by atoms with van der Waals surface area (Å²) in [5.74, 6) is 0.564. The van der Waals surface area contributed by atoms with Crippen LogP contribution in [0.2, 0.25) is 5.02 Å². The highest BCUT2D eigenvalue weighted by Crippen LogP contribution is 2.23. The zero-order valence-electron chi connectivity index (χ0n) is 15.1. The van der Waals surface area contributed by atoms with Gasteiger partial charge in [0, 0.05) is 22.6 Å². The first kappa shape index (κ1) is 18.7. The third-order valence-corrected chi connectivity index (χ3v) is 4.14. The average molecular weight is 382 g/mol. The molecular weight excluding hydrogens is 362 g/mol. The molecule has 0 aliphatic heterocycles. The van der Waals surface area contributed by atoms with Crippen LogP contribution in [0.3, 0.4) is 0 Å². The summed E-state index contributed by atoms with van der Waals surface area (Å²) < 4.78 is 5.43. The van der Waals surface area contributed by atoms with E-state index in [-0.39, 0.29) is 5.91 Å². The monoisotopic (exact) mass is 381 g/mol. The zero-order chi connectivity index (χ0) is 19.2. The molecule has 0 aliphatic rings. The Hall–Kier alpha value is -3.05. The summed E-state index contributed by atoms with van der Waals surface area (Å²) in [7, 11) is 0. The molecule has 3 rings (SSSR count). The molecule has 2 N–H and O–H groups in total. The standard InChI is InChI=1S/C21H20ClN3O2/c1-3-27-19-8-6-17(7-9-19)24-18-10-15(12-23-13-18)21(26)25-20-11-16(22)5-4-14(20)2/h4-13,24H,3H2,1-2H3,(H,25,26).